The van der Waals surface area contributed by atoms with Gasteiger partial charge in [0.1, 0.15) is 6.04 Å². The molecule has 2 fully saturated rings. The molecule has 1 aromatic carbocycles. The van der Waals surface area contributed by atoms with E-state index in [-0.39, 0.29) is 24.9 Å². The lowest BCUT2D eigenvalue weighted by molar-refractivity contribution is -0.135. The highest BCUT2D eigenvalue weighted by Gasteiger charge is 2.34. The van der Waals surface area contributed by atoms with Crippen LogP contribution >= 0.6 is 0 Å². The molecule has 6 nitrogen and oxygen atoms in total. The van der Waals surface area contributed by atoms with Gasteiger partial charge in [-0.1, -0.05) is 29.8 Å². The number of aryl methyl sites for hydroxylation is 1. The van der Waals surface area contributed by atoms with Crippen LogP contribution in [0.5, 0.6) is 0 Å². The molecule has 0 bridgehead atoms. The molecule has 2 saturated heterocycles. The van der Waals surface area contributed by atoms with Gasteiger partial charge in [0, 0.05) is 39.0 Å². The summed E-state index contributed by atoms with van der Waals surface area (Å²) in [7, 11) is 0. The highest BCUT2D eigenvalue weighted by atomic mass is 19.3. The van der Waals surface area contributed by atoms with Crippen molar-refractivity contribution in [2.24, 2.45) is 0 Å². The molecule has 3 rings (SSSR count). The Labute approximate surface area is 163 Å². The molecule has 1 N–H and O–H groups in total. The van der Waals surface area contributed by atoms with Gasteiger partial charge in [-0.15, -0.1) is 0 Å². The first-order chi connectivity index (χ1) is 13.4. The molecule has 2 amide bonds. The first-order valence-corrected chi connectivity index (χ1v) is 9.68. The molecule has 1 aromatic rings. The average molecular weight is 395 g/mol. The number of halogens is 2. The van der Waals surface area contributed by atoms with Crippen molar-refractivity contribution in [3.63, 3.8) is 0 Å². The minimum atomic E-state index is -2.65. The molecule has 0 radical (unpaired) electrons. The molecule has 0 spiro atoms. The van der Waals surface area contributed by atoms with E-state index in [1.54, 1.807) is 4.90 Å². The number of hydrogen-bond acceptors (Lipinski definition) is 4. The molecule has 2 aliphatic heterocycles. The summed E-state index contributed by atoms with van der Waals surface area (Å²) in [5.41, 5.74) is 2.19. The van der Waals surface area contributed by atoms with E-state index in [2.05, 4.69) is 16.3 Å². The highest BCUT2D eigenvalue weighted by molar-refractivity contribution is 5.90. The summed E-state index contributed by atoms with van der Waals surface area (Å²) < 4.78 is 31.3. The van der Waals surface area contributed by atoms with Crippen molar-refractivity contribution >= 4 is 11.8 Å². The summed E-state index contributed by atoms with van der Waals surface area (Å²) >= 11 is 0. The van der Waals surface area contributed by atoms with E-state index < -0.39 is 24.8 Å². The summed E-state index contributed by atoms with van der Waals surface area (Å²) in [5, 5.41) is 2.45. The van der Waals surface area contributed by atoms with Crippen molar-refractivity contribution in [1.29, 1.82) is 0 Å². The van der Waals surface area contributed by atoms with Gasteiger partial charge >= 0.3 is 0 Å². The van der Waals surface area contributed by atoms with Gasteiger partial charge in [-0.25, -0.2) is 8.78 Å². The topological polar surface area (TPSA) is 61.9 Å². The third-order valence-corrected chi connectivity index (χ3v) is 5.27. The first kappa shape index (κ1) is 20.7. The van der Waals surface area contributed by atoms with Gasteiger partial charge in [-0.05, 0) is 12.5 Å². The second-order valence-electron chi connectivity index (χ2n) is 7.36. The van der Waals surface area contributed by atoms with Crippen LogP contribution in [0.4, 0.5) is 8.78 Å². The Morgan fingerprint density at radius 3 is 2.64 bits per heavy atom. The van der Waals surface area contributed by atoms with Crippen molar-refractivity contribution in [3.8, 4) is 0 Å². The maximum Gasteiger partial charge on any atom is 0.245 e. The number of morpholine rings is 1. The molecule has 2 aliphatic rings. The van der Waals surface area contributed by atoms with Crippen molar-refractivity contribution in [2.45, 2.75) is 38.3 Å². The maximum atomic E-state index is 12.9. The van der Waals surface area contributed by atoms with Crippen LogP contribution in [-0.2, 0) is 14.3 Å². The zero-order chi connectivity index (χ0) is 20.1. The number of ether oxygens (including phenoxy) is 1. The lowest BCUT2D eigenvalue weighted by Gasteiger charge is -2.38. The highest BCUT2D eigenvalue weighted by Crippen LogP contribution is 2.25. The molecule has 2 unspecified atom stereocenters. The Balaban J connectivity index is 1.83. The second kappa shape index (κ2) is 9.43. The summed E-state index contributed by atoms with van der Waals surface area (Å²) in [4.78, 5) is 28.6. The molecule has 154 valence electrons. The molecule has 2 atom stereocenters. The number of amides is 2. The Bertz CT molecular complexity index is 695. The number of benzene rings is 1. The van der Waals surface area contributed by atoms with E-state index in [0.717, 1.165) is 24.2 Å². The Morgan fingerprint density at radius 2 is 1.96 bits per heavy atom. The number of carbonyl (C=O) groups excluding carboxylic acids is 2. The number of alkyl halides is 2. The van der Waals surface area contributed by atoms with Gasteiger partial charge in [-0.3, -0.25) is 14.5 Å². The molecule has 28 heavy (non-hydrogen) atoms. The van der Waals surface area contributed by atoms with E-state index in [0.29, 0.717) is 19.8 Å². The Hall–Kier alpha value is -2.06. The monoisotopic (exact) mass is 395 g/mol. The van der Waals surface area contributed by atoms with Crippen LogP contribution in [0.15, 0.2) is 24.3 Å². The number of nitrogens with zero attached hydrogens (tertiary/aromatic N) is 2. The fourth-order valence-electron chi connectivity index (χ4n) is 3.82. The molecule has 0 aliphatic carbocycles. The summed E-state index contributed by atoms with van der Waals surface area (Å²) in [6.07, 6.45) is -3.19. The number of nitrogens with one attached hydrogen (secondary N) is 1. The fourth-order valence-corrected chi connectivity index (χ4v) is 3.82. The van der Waals surface area contributed by atoms with E-state index >= 15 is 0 Å². The zero-order valence-corrected chi connectivity index (χ0v) is 16.1. The molecular weight excluding hydrogens is 368 g/mol. The predicted molar refractivity (Wildman–Crippen MR) is 100 cm³/mol. The maximum absolute atomic E-state index is 12.9. The Kier molecular flexibility index (Phi) is 6.96. The minimum absolute atomic E-state index is 0.0758. The fraction of sp³-hybridized carbons (Fsp3) is 0.600. The summed E-state index contributed by atoms with van der Waals surface area (Å²) in [6.45, 7) is 5.30. The summed E-state index contributed by atoms with van der Waals surface area (Å²) in [5.74, 6) is -0.794. The number of hydrogen-bond donors (Lipinski definition) is 1. The zero-order valence-electron chi connectivity index (χ0n) is 16.1. The van der Waals surface area contributed by atoms with Crippen molar-refractivity contribution in [1.82, 2.24) is 15.1 Å². The van der Waals surface area contributed by atoms with Crippen molar-refractivity contribution in [2.75, 3.05) is 39.4 Å². The molecule has 0 saturated carbocycles. The van der Waals surface area contributed by atoms with E-state index in [9.17, 15) is 18.4 Å². The standard InChI is InChI=1S/C20H27F2N3O3/c1-14-3-2-4-15(11-14)17(24-7-9-28-10-8-24)13-25-6-5-19(26)23-16(20(25)27)12-18(21)22/h2-4,11,16-18H,5-10,12-13H2,1H3,(H,23,26). The molecule has 0 aromatic heterocycles. The third kappa shape index (κ3) is 5.26. The van der Waals surface area contributed by atoms with Gasteiger partial charge in [0.05, 0.1) is 19.3 Å². The van der Waals surface area contributed by atoms with Gasteiger partial charge in [0.25, 0.3) is 0 Å². The summed E-state index contributed by atoms with van der Waals surface area (Å²) in [6, 6.07) is 6.86. The van der Waals surface area contributed by atoms with E-state index in [1.165, 1.54) is 0 Å². The largest absolute Gasteiger partial charge is 0.379 e. The van der Waals surface area contributed by atoms with Crippen LogP contribution < -0.4 is 5.32 Å². The first-order valence-electron chi connectivity index (χ1n) is 9.68. The lowest BCUT2D eigenvalue weighted by Crippen LogP contribution is -2.49. The predicted octanol–water partition coefficient (Wildman–Crippen LogP) is 1.74. The van der Waals surface area contributed by atoms with Gasteiger partial charge in [-0.2, -0.15) is 0 Å². The SMILES string of the molecule is Cc1cccc(C(CN2CCC(=O)NC(CC(F)F)C2=O)N2CCOCC2)c1. The average Bonchev–Trinajstić information content (AvgIpc) is 2.79. The quantitative estimate of drug-likeness (QED) is 0.797. The van der Waals surface area contributed by atoms with Crippen LogP contribution in [0, 0.1) is 6.92 Å². The molecule has 2 heterocycles. The number of rotatable bonds is 6. The Morgan fingerprint density at radius 1 is 1.21 bits per heavy atom. The smallest absolute Gasteiger partial charge is 0.245 e. The van der Waals surface area contributed by atoms with Gasteiger partial charge < -0.3 is 15.0 Å². The second-order valence-corrected chi connectivity index (χ2v) is 7.36. The van der Waals surface area contributed by atoms with Gasteiger partial charge in [0.2, 0.25) is 18.2 Å². The van der Waals surface area contributed by atoms with Crippen molar-refractivity contribution < 1.29 is 23.1 Å². The van der Waals surface area contributed by atoms with Gasteiger partial charge in [0.15, 0.2) is 0 Å². The number of carbonyl (C=O) groups is 2. The van der Waals surface area contributed by atoms with E-state index in [1.807, 2.05) is 25.1 Å². The van der Waals surface area contributed by atoms with Crippen LogP contribution in [-0.4, -0.2) is 73.5 Å². The molecular formula is C20H27F2N3O3. The van der Waals surface area contributed by atoms with Crippen LogP contribution in [0.3, 0.4) is 0 Å². The lowest BCUT2D eigenvalue weighted by atomic mass is 10.0. The van der Waals surface area contributed by atoms with E-state index in [4.69, 9.17) is 4.74 Å². The normalized spacial score (nSPS) is 22.9. The molecule has 8 heteroatoms. The van der Waals surface area contributed by atoms with Crippen LogP contribution in [0.25, 0.3) is 0 Å². The van der Waals surface area contributed by atoms with Crippen LogP contribution in [0.2, 0.25) is 0 Å². The van der Waals surface area contributed by atoms with Crippen molar-refractivity contribution in [3.05, 3.63) is 35.4 Å². The van der Waals surface area contributed by atoms with Crippen LogP contribution in [0.1, 0.15) is 30.0 Å². The third-order valence-electron chi connectivity index (χ3n) is 5.27. The minimum Gasteiger partial charge on any atom is -0.379 e.